The fraction of sp³-hybridized carbons (Fsp3) is 0.182. The molecule has 0 aliphatic rings. The standard InChI is InChI=1S/C11H13N2/c1-5-10(2)13-8-6-11(7-9-13)12(3)4/h1,6-9H,2H2,3-4H3/q+1. The first kappa shape index (κ1) is 9.34. The van der Waals surface area contributed by atoms with Gasteiger partial charge in [-0.05, 0) is 12.5 Å². The summed E-state index contributed by atoms with van der Waals surface area (Å²) in [6.07, 6.45) is 9.02. The minimum atomic E-state index is 0.644. The first-order valence-corrected chi connectivity index (χ1v) is 3.99. The molecular weight excluding hydrogens is 160 g/mol. The van der Waals surface area contributed by atoms with Crippen LogP contribution in [0.3, 0.4) is 0 Å². The van der Waals surface area contributed by atoms with Crippen molar-refractivity contribution in [2.75, 3.05) is 19.0 Å². The minimum absolute atomic E-state index is 0.644. The fourth-order valence-electron chi connectivity index (χ4n) is 0.971. The molecule has 0 atom stereocenters. The molecule has 66 valence electrons. The predicted molar refractivity (Wildman–Crippen MR) is 55.1 cm³/mol. The zero-order valence-corrected chi connectivity index (χ0v) is 7.99. The third kappa shape index (κ3) is 2.09. The first-order chi connectivity index (χ1) is 6.15. The summed E-state index contributed by atoms with van der Waals surface area (Å²) in [5.41, 5.74) is 1.78. The molecular formula is C11H13N2+. The minimum Gasteiger partial charge on any atom is -0.377 e. The van der Waals surface area contributed by atoms with E-state index in [-0.39, 0.29) is 0 Å². The molecule has 1 aromatic heterocycles. The fourth-order valence-corrected chi connectivity index (χ4v) is 0.971. The van der Waals surface area contributed by atoms with Crippen LogP contribution in [-0.4, -0.2) is 14.1 Å². The van der Waals surface area contributed by atoms with Crippen molar-refractivity contribution in [3.8, 4) is 12.3 Å². The number of rotatable bonds is 2. The summed E-state index contributed by atoms with van der Waals surface area (Å²) in [5.74, 6) is 2.48. The number of allylic oxidation sites excluding steroid dienone is 1. The molecule has 0 radical (unpaired) electrons. The Kier molecular flexibility index (Phi) is 2.71. The zero-order valence-electron chi connectivity index (χ0n) is 7.99. The highest BCUT2D eigenvalue weighted by Gasteiger charge is 2.03. The third-order valence-electron chi connectivity index (χ3n) is 1.81. The van der Waals surface area contributed by atoms with E-state index < -0.39 is 0 Å². The summed E-state index contributed by atoms with van der Waals surface area (Å²) in [5, 5.41) is 0. The van der Waals surface area contributed by atoms with Gasteiger partial charge in [-0.1, -0.05) is 0 Å². The monoisotopic (exact) mass is 173 g/mol. The molecule has 1 heterocycles. The van der Waals surface area contributed by atoms with Crippen LogP contribution in [0.4, 0.5) is 5.69 Å². The van der Waals surface area contributed by atoms with Crippen LogP contribution in [0.2, 0.25) is 0 Å². The van der Waals surface area contributed by atoms with Crippen molar-refractivity contribution < 1.29 is 4.57 Å². The van der Waals surface area contributed by atoms with Crippen LogP contribution in [-0.2, 0) is 0 Å². The van der Waals surface area contributed by atoms with Gasteiger partial charge in [-0.25, -0.2) is 0 Å². The van der Waals surface area contributed by atoms with Crippen molar-refractivity contribution in [2.24, 2.45) is 0 Å². The number of terminal acetylenes is 1. The van der Waals surface area contributed by atoms with Gasteiger partial charge < -0.3 is 4.90 Å². The van der Waals surface area contributed by atoms with Crippen LogP contribution in [0.15, 0.2) is 31.1 Å². The number of hydrogen-bond acceptors (Lipinski definition) is 1. The van der Waals surface area contributed by atoms with E-state index in [1.165, 1.54) is 0 Å². The van der Waals surface area contributed by atoms with Crippen LogP contribution in [0, 0.1) is 12.3 Å². The van der Waals surface area contributed by atoms with Crippen molar-refractivity contribution in [1.29, 1.82) is 0 Å². The van der Waals surface area contributed by atoms with E-state index in [9.17, 15) is 0 Å². The highest BCUT2D eigenvalue weighted by molar-refractivity contribution is 5.50. The molecule has 0 aliphatic carbocycles. The van der Waals surface area contributed by atoms with Crippen molar-refractivity contribution in [3.63, 3.8) is 0 Å². The molecule has 0 aromatic carbocycles. The van der Waals surface area contributed by atoms with Crippen LogP contribution in [0.1, 0.15) is 0 Å². The van der Waals surface area contributed by atoms with Crippen molar-refractivity contribution in [1.82, 2.24) is 0 Å². The third-order valence-corrected chi connectivity index (χ3v) is 1.81. The van der Waals surface area contributed by atoms with Gasteiger partial charge in [0, 0.05) is 31.9 Å². The average Bonchev–Trinajstić information content (AvgIpc) is 2.17. The molecule has 0 N–H and O–H groups in total. The van der Waals surface area contributed by atoms with Gasteiger partial charge in [0.25, 0.3) is 5.70 Å². The molecule has 0 fully saturated rings. The number of anilines is 1. The summed E-state index contributed by atoms with van der Waals surface area (Å²) < 4.78 is 1.81. The highest BCUT2D eigenvalue weighted by atomic mass is 15.1. The molecule has 2 heteroatoms. The Labute approximate surface area is 79.1 Å². The number of aromatic nitrogens is 1. The average molecular weight is 173 g/mol. The lowest BCUT2D eigenvalue weighted by atomic mass is 10.3. The number of hydrogen-bond donors (Lipinski definition) is 0. The normalized spacial score (nSPS) is 9.00. The molecule has 0 saturated carbocycles. The Morgan fingerprint density at radius 3 is 2.38 bits per heavy atom. The van der Waals surface area contributed by atoms with Crippen LogP contribution < -0.4 is 9.47 Å². The lowest BCUT2D eigenvalue weighted by Crippen LogP contribution is -2.30. The highest BCUT2D eigenvalue weighted by Crippen LogP contribution is 2.06. The molecule has 0 aliphatic heterocycles. The molecule has 0 unspecified atom stereocenters. The number of pyridine rings is 1. The van der Waals surface area contributed by atoms with Gasteiger partial charge in [0.1, 0.15) is 0 Å². The zero-order chi connectivity index (χ0) is 9.84. The molecule has 1 aromatic rings. The predicted octanol–water partition coefficient (Wildman–Crippen LogP) is 1.14. The van der Waals surface area contributed by atoms with Crippen molar-refractivity contribution in [2.45, 2.75) is 0 Å². The Morgan fingerprint density at radius 1 is 1.46 bits per heavy atom. The van der Waals surface area contributed by atoms with Gasteiger partial charge >= 0.3 is 0 Å². The van der Waals surface area contributed by atoms with Gasteiger partial charge in [-0.15, -0.1) is 6.42 Å². The van der Waals surface area contributed by atoms with Gasteiger partial charge in [-0.2, -0.15) is 4.57 Å². The van der Waals surface area contributed by atoms with E-state index in [4.69, 9.17) is 6.42 Å². The first-order valence-electron chi connectivity index (χ1n) is 3.99. The molecule has 0 bridgehead atoms. The SMILES string of the molecule is C#CC(=C)[n+]1ccc(N(C)C)cc1. The van der Waals surface area contributed by atoms with Crippen LogP contribution in [0.5, 0.6) is 0 Å². The molecule has 2 nitrogen and oxygen atoms in total. The smallest absolute Gasteiger partial charge is 0.254 e. The van der Waals surface area contributed by atoms with E-state index in [2.05, 4.69) is 12.5 Å². The second kappa shape index (κ2) is 3.77. The lowest BCUT2D eigenvalue weighted by molar-refractivity contribution is -0.576. The van der Waals surface area contributed by atoms with Gasteiger partial charge in [0.2, 0.25) is 0 Å². The summed E-state index contributed by atoms with van der Waals surface area (Å²) >= 11 is 0. The second-order valence-electron chi connectivity index (χ2n) is 2.95. The maximum Gasteiger partial charge on any atom is 0.254 e. The summed E-state index contributed by atoms with van der Waals surface area (Å²) in [6, 6.07) is 3.98. The maximum atomic E-state index is 5.22. The topological polar surface area (TPSA) is 7.12 Å². The largest absolute Gasteiger partial charge is 0.377 e. The summed E-state index contributed by atoms with van der Waals surface area (Å²) in [7, 11) is 3.99. The maximum absolute atomic E-state index is 5.22. The Balaban J connectivity index is 2.95. The van der Waals surface area contributed by atoms with E-state index in [1.807, 2.05) is 48.1 Å². The van der Waals surface area contributed by atoms with Gasteiger partial charge in [0.05, 0.1) is 0 Å². The lowest BCUT2D eigenvalue weighted by Gasteiger charge is -2.09. The molecule has 0 amide bonds. The van der Waals surface area contributed by atoms with E-state index in [0.717, 1.165) is 5.69 Å². The summed E-state index contributed by atoms with van der Waals surface area (Å²) in [6.45, 7) is 3.73. The molecule has 13 heavy (non-hydrogen) atoms. The Bertz CT molecular complexity index is 341. The van der Waals surface area contributed by atoms with Crippen molar-refractivity contribution >= 4 is 11.4 Å². The Hall–Kier alpha value is -1.75. The van der Waals surface area contributed by atoms with Crippen LogP contribution in [0.25, 0.3) is 5.70 Å². The summed E-state index contributed by atoms with van der Waals surface area (Å²) in [4.78, 5) is 2.03. The van der Waals surface area contributed by atoms with Crippen molar-refractivity contribution in [3.05, 3.63) is 31.1 Å². The number of nitrogens with zero attached hydrogens (tertiary/aromatic N) is 2. The molecule has 1 rings (SSSR count). The van der Waals surface area contributed by atoms with Gasteiger partial charge in [-0.3, -0.25) is 0 Å². The van der Waals surface area contributed by atoms with E-state index in [0.29, 0.717) is 5.70 Å². The Morgan fingerprint density at radius 2 is 2.00 bits per heavy atom. The van der Waals surface area contributed by atoms with E-state index in [1.54, 1.807) is 0 Å². The second-order valence-corrected chi connectivity index (χ2v) is 2.95. The van der Waals surface area contributed by atoms with Crippen LogP contribution >= 0.6 is 0 Å². The molecule has 0 saturated heterocycles. The van der Waals surface area contributed by atoms with E-state index >= 15 is 0 Å². The quantitative estimate of drug-likeness (QED) is 0.480. The van der Waals surface area contributed by atoms with Gasteiger partial charge in [0.15, 0.2) is 12.4 Å². The molecule has 0 spiro atoms.